The molecule has 0 atom stereocenters. The van der Waals surface area contributed by atoms with Gasteiger partial charge in [0.25, 0.3) is 0 Å². The van der Waals surface area contributed by atoms with Crippen LogP contribution in [0.2, 0.25) is 0 Å². The van der Waals surface area contributed by atoms with Crippen LogP contribution in [0.3, 0.4) is 0 Å². The SMILES string of the molecule is CCCCCCCCCOC(=O)c1c(N)n(-c2ccc(Br)cc2)c2nc3ccccc3nc12. The summed E-state index contributed by atoms with van der Waals surface area (Å²) in [5.74, 6) is -0.170. The number of rotatable bonds is 10. The maximum absolute atomic E-state index is 13.1. The van der Waals surface area contributed by atoms with Crippen LogP contribution in [0.25, 0.3) is 27.9 Å². The van der Waals surface area contributed by atoms with Gasteiger partial charge >= 0.3 is 5.97 Å². The number of anilines is 1. The maximum Gasteiger partial charge on any atom is 0.344 e. The molecule has 0 radical (unpaired) electrons. The van der Waals surface area contributed by atoms with Gasteiger partial charge in [-0.2, -0.15) is 0 Å². The van der Waals surface area contributed by atoms with E-state index in [0.717, 1.165) is 28.5 Å². The molecule has 0 aliphatic carbocycles. The van der Waals surface area contributed by atoms with Gasteiger partial charge in [0.05, 0.1) is 17.6 Å². The molecule has 33 heavy (non-hydrogen) atoms. The van der Waals surface area contributed by atoms with E-state index in [1.54, 1.807) is 4.57 Å². The molecule has 0 saturated carbocycles. The molecule has 2 heterocycles. The fourth-order valence-corrected chi connectivity index (χ4v) is 4.27. The number of fused-ring (bicyclic) bond motifs is 2. The van der Waals surface area contributed by atoms with Crippen molar-refractivity contribution in [2.45, 2.75) is 51.9 Å². The molecule has 0 aliphatic rings. The molecule has 4 rings (SSSR count). The van der Waals surface area contributed by atoms with Crippen LogP contribution in [0.15, 0.2) is 53.0 Å². The second-order valence-electron chi connectivity index (χ2n) is 8.21. The number of aromatic nitrogens is 3. The Balaban J connectivity index is 1.62. The molecule has 0 unspecified atom stereocenters. The predicted molar refractivity (Wildman–Crippen MR) is 137 cm³/mol. The lowest BCUT2D eigenvalue weighted by Gasteiger charge is -2.08. The second-order valence-corrected chi connectivity index (χ2v) is 9.13. The van der Waals surface area contributed by atoms with Crippen molar-refractivity contribution >= 4 is 49.9 Å². The molecule has 0 spiro atoms. The predicted octanol–water partition coefficient (Wildman–Crippen LogP) is 6.83. The van der Waals surface area contributed by atoms with Crippen molar-refractivity contribution < 1.29 is 9.53 Å². The number of ether oxygens (including phenoxy) is 1. The Morgan fingerprint density at radius 3 is 2.27 bits per heavy atom. The molecule has 2 aromatic heterocycles. The molecule has 4 aromatic rings. The van der Waals surface area contributed by atoms with Crippen LogP contribution in [0.5, 0.6) is 0 Å². The van der Waals surface area contributed by atoms with E-state index in [1.165, 1.54) is 32.1 Å². The Kier molecular flexibility index (Phi) is 7.60. The van der Waals surface area contributed by atoms with Crippen LogP contribution in [0.4, 0.5) is 5.82 Å². The van der Waals surface area contributed by atoms with E-state index in [2.05, 4.69) is 22.9 Å². The van der Waals surface area contributed by atoms with Crippen LogP contribution < -0.4 is 5.73 Å². The second kappa shape index (κ2) is 10.8. The van der Waals surface area contributed by atoms with Crippen molar-refractivity contribution in [2.75, 3.05) is 12.3 Å². The Bertz CT molecular complexity index is 1250. The standard InChI is InChI=1S/C26H29BrN4O2/c1-2-3-4-5-6-7-10-17-33-26(32)22-23-25(30-21-12-9-8-11-20(21)29-23)31(24(22)28)19-15-13-18(27)14-16-19/h8-9,11-16H,2-7,10,17,28H2,1H3. The first kappa shape index (κ1) is 23.2. The molecule has 0 amide bonds. The average Bonchev–Trinajstić information content (AvgIpc) is 3.10. The van der Waals surface area contributed by atoms with E-state index >= 15 is 0 Å². The quantitative estimate of drug-likeness (QED) is 0.187. The fraction of sp³-hybridized carbons (Fsp3) is 0.346. The summed E-state index contributed by atoms with van der Waals surface area (Å²) in [6.45, 7) is 2.59. The Hall–Kier alpha value is -2.93. The van der Waals surface area contributed by atoms with Gasteiger partial charge in [-0.3, -0.25) is 4.57 Å². The topological polar surface area (TPSA) is 83.0 Å². The zero-order valence-corrected chi connectivity index (χ0v) is 20.5. The van der Waals surface area contributed by atoms with Crippen molar-refractivity contribution in [3.05, 3.63) is 58.6 Å². The van der Waals surface area contributed by atoms with Gasteiger partial charge in [-0.05, 0) is 42.8 Å². The number of carbonyl (C=O) groups is 1. The number of benzene rings is 2. The fourth-order valence-electron chi connectivity index (χ4n) is 4.01. The highest BCUT2D eigenvalue weighted by Gasteiger charge is 2.25. The lowest BCUT2D eigenvalue weighted by molar-refractivity contribution is 0.0501. The normalized spacial score (nSPS) is 11.3. The van der Waals surface area contributed by atoms with Crippen LogP contribution in [0, 0.1) is 0 Å². The number of unbranched alkanes of at least 4 members (excludes halogenated alkanes) is 6. The number of halogens is 1. The minimum atomic E-state index is -0.455. The number of para-hydroxylation sites is 2. The average molecular weight is 509 g/mol. The largest absolute Gasteiger partial charge is 0.462 e. The van der Waals surface area contributed by atoms with Gasteiger partial charge in [0.15, 0.2) is 5.65 Å². The highest BCUT2D eigenvalue weighted by molar-refractivity contribution is 9.10. The molecule has 2 N–H and O–H groups in total. The van der Waals surface area contributed by atoms with Gasteiger partial charge in [0.2, 0.25) is 0 Å². The number of carbonyl (C=O) groups excluding carboxylic acids is 1. The summed E-state index contributed by atoms with van der Waals surface area (Å²) in [5.41, 5.74) is 10.0. The molecule has 7 heteroatoms. The number of hydrogen-bond acceptors (Lipinski definition) is 5. The highest BCUT2D eigenvalue weighted by Crippen LogP contribution is 2.32. The van der Waals surface area contributed by atoms with E-state index in [4.69, 9.17) is 20.4 Å². The lowest BCUT2D eigenvalue weighted by Crippen LogP contribution is -2.10. The molecule has 0 bridgehead atoms. The number of nitrogen functional groups attached to an aromatic ring is 1. The molecule has 6 nitrogen and oxygen atoms in total. The minimum Gasteiger partial charge on any atom is -0.462 e. The van der Waals surface area contributed by atoms with Gasteiger partial charge in [-0.15, -0.1) is 0 Å². The first-order valence-corrected chi connectivity index (χ1v) is 12.4. The first-order valence-electron chi connectivity index (χ1n) is 11.6. The zero-order chi connectivity index (χ0) is 23.2. The number of hydrogen-bond donors (Lipinski definition) is 1. The third kappa shape index (κ3) is 5.19. The summed E-state index contributed by atoms with van der Waals surface area (Å²) < 4.78 is 8.34. The van der Waals surface area contributed by atoms with Gasteiger partial charge in [-0.1, -0.05) is 73.5 Å². The summed E-state index contributed by atoms with van der Waals surface area (Å²) in [5, 5.41) is 0. The Morgan fingerprint density at radius 1 is 0.939 bits per heavy atom. The highest BCUT2D eigenvalue weighted by atomic mass is 79.9. The van der Waals surface area contributed by atoms with Crippen molar-refractivity contribution in [3.8, 4) is 5.69 Å². The van der Waals surface area contributed by atoms with Gasteiger partial charge in [0, 0.05) is 10.2 Å². The van der Waals surface area contributed by atoms with Crippen LogP contribution in [-0.2, 0) is 4.74 Å². The van der Waals surface area contributed by atoms with Crippen LogP contribution in [0.1, 0.15) is 62.2 Å². The van der Waals surface area contributed by atoms with Crippen molar-refractivity contribution in [1.82, 2.24) is 14.5 Å². The summed E-state index contributed by atoms with van der Waals surface area (Å²) in [4.78, 5) is 22.6. The van der Waals surface area contributed by atoms with Crippen molar-refractivity contribution in [2.24, 2.45) is 0 Å². The summed E-state index contributed by atoms with van der Waals surface area (Å²) in [7, 11) is 0. The van der Waals surface area contributed by atoms with Crippen LogP contribution >= 0.6 is 15.9 Å². The van der Waals surface area contributed by atoms with Crippen molar-refractivity contribution in [3.63, 3.8) is 0 Å². The summed E-state index contributed by atoms with van der Waals surface area (Å²) in [6, 6.07) is 15.3. The maximum atomic E-state index is 13.1. The summed E-state index contributed by atoms with van der Waals surface area (Å²) >= 11 is 3.46. The van der Waals surface area contributed by atoms with Crippen LogP contribution in [-0.4, -0.2) is 27.1 Å². The van der Waals surface area contributed by atoms with Gasteiger partial charge < -0.3 is 10.5 Å². The lowest BCUT2D eigenvalue weighted by atomic mass is 10.1. The minimum absolute atomic E-state index is 0.272. The van der Waals surface area contributed by atoms with Gasteiger partial charge in [-0.25, -0.2) is 14.8 Å². The number of nitrogens with zero attached hydrogens (tertiary/aromatic N) is 3. The molecular formula is C26H29BrN4O2. The molecule has 0 saturated heterocycles. The number of esters is 1. The zero-order valence-electron chi connectivity index (χ0n) is 18.9. The molecule has 0 aliphatic heterocycles. The van der Waals surface area contributed by atoms with Gasteiger partial charge in [0.1, 0.15) is 16.9 Å². The first-order chi connectivity index (χ1) is 16.1. The monoisotopic (exact) mass is 508 g/mol. The van der Waals surface area contributed by atoms with E-state index < -0.39 is 5.97 Å². The Morgan fingerprint density at radius 2 is 1.58 bits per heavy atom. The Labute approximate surface area is 202 Å². The molecular weight excluding hydrogens is 480 g/mol. The molecule has 0 fully saturated rings. The smallest absolute Gasteiger partial charge is 0.344 e. The van der Waals surface area contributed by atoms with E-state index in [0.29, 0.717) is 23.3 Å². The van der Waals surface area contributed by atoms with Crippen molar-refractivity contribution in [1.29, 1.82) is 0 Å². The van der Waals surface area contributed by atoms with E-state index in [1.807, 2.05) is 48.5 Å². The van der Waals surface area contributed by atoms with E-state index in [-0.39, 0.29) is 11.4 Å². The molecule has 2 aromatic carbocycles. The third-order valence-corrected chi connectivity index (χ3v) is 6.30. The summed E-state index contributed by atoms with van der Waals surface area (Å²) in [6.07, 6.45) is 8.10. The molecule has 172 valence electrons. The van der Waals surface area contributed by atoms with E-state index in [9.17, 15) is 4.79 Å². The third-order valence-electron chi connectivity index (χ3n) is 5.77. The number of nitrogens with two attached hydrogens (primary N) is 1.